The first-order valence-electron chi connectivity index (χ1n) is 10.0. The molecule has 3 N–H and O–H groups in total. The van der Waals surface area contributed by atoms with Gasteiger partial charge < -0.3 is 10.1 Å². The maximum Gasteiger partial charge on any atom is 0.269 e. The molecule has 0 aliphatic carbocycles. The quantitative estimate of drug-likeness (QED) is 0.582. The average molecular weight is 412 g/mol. The predicted molar refractivity (Wildman–Crippen MR) is 115 cm³/mol. The lowest BCUT2D eigenvalue weighted by atomic mass is 10.0. The number of carbonyl (C=O) groups excluding carboxylic acids is 3. The third kappa shape index (κ3) is 6.62. The third-order valence-corrected chi connectivity index (χ3v) is 4.45. The number of benzene rings is 2. The first-order valence-corrected chi connectivity index (χ1v) is 10.0. The molecular weight excluding hydrogens is 382 g/mol. The van der Waals surface area contributed by atoms with Gasteiger partial charge in [0.25, 0.3) is 17.7 Å². The number of hydrogen-bond acceptors (Lipinski definition) is 4. The molecule has 7 nitrogen and oxygen atoms in total. The van der Waals surface area contributed by atoms with Gasteiger partial charge in [-0.25, -0.2) is 0 Å². The Bertz CT molecular complexity index is 878. The van der Waals surface area contributed by atoms with Crippen LogP contribution in [0.15, 0.2) is 48.5 Å². The molecule has 2 aromatic carbocycles. The highest BCUT2D eigenvalue weighted by Crippen LogP contribution is 2.12. The van der Waals surface area contributed by atoms with Gasteiger partial charge in [0.1, 0.15) is 11.8 Å². The molecule has 0 radical (unpaired) electrons. The van der Waals surface area contributed by atoms with E-state index in [1.54, 1.807) is 36.4 Å². The van der Waals surface area contributed by atoms with E-state index in [2.05, 4.69) is 16.2 Å². The molecule has 0 aromatic heterocycles. The molecule has 30 heavy (non-hydrogen) atoms. The van der Waals surface area contributed by atoms with E-state index in [1.807, 2.05) is 39.8 Å². The van der Waals surface area contributed by atoms with Crippen LogP contribution in [0.4, 0.5) is 0 Å². The van der Waals surface area contributed by atoms with Crippen molar-refractivity contribution in [2.45, 2.75) is 40.2 Å². The molecule has 3 amide bonds. The van der Waals surface area contributed by atoms with Gasteiger partial charge in [0.15, 0.2) is 0 Å². The van der Waals surface area contributed by atoms with Gasteiger partial charge in [0.05, 0.1) is 6.61 Å². The minimum atomic E-state index is -0.780. The summed E-state index contributed by atoms with van der Waals surface area (Å²) in [6.45, 7) is 8.16. The van der Waals surface area contributed by atoms with Crippen molar-refractivity contribution in [2.75, 3.05) is 6.61 Å². The largest absolute Gasteiger partial charge is 0.494 e. The standard InChI is InChI=1S/C23H29N3O4/c1-5-30-18-12-10-17(11-13-18)21(27)25-26-23(29)20(14-15(2)3)24-22(28)19-9-7-6-8-16(19)4/h6-13,15,20H,5,14H2,1-4H3,(H,24,28)(H,25,27)(H,26,29)/t20-/m0/s1. The zero-order valence-corrected chi connectivity index (χ0v) is 17.8. The first kappa shape index (κ1) is 22.9. The van der Waals surface area contributed by atoms with Gasteiger partial charge in [-0.3, -0.25) is 25.2 Å². The number of rotatable bonds is 8. The number of ether oxygens (including phenoxy) is 1. The van der Waals surface area contributed by atoms with Gasteiger partial charge in [-0.05, 0) is 62.1 Å². The van der Waals surface area contributed by atoms with Crippen LogP contribution in [0.2, 0.25) is 0 Å². The van der Waals surface area contributed by atoms with Crippen LogP contribution in [0.5, 0.6) is 5.75 Å². The Kier molecular flexibility index (Phi) is 8.41. The van der Waals surface area contributed by atoms with Gasteiger partial charge >= 0.3 is 0 Å². The summed E-state index contributed by atoms with van der Waals surface area (Å²) < 4.78 is 5.35. The molecule has 0 fully saturated rings. The lowest BCUT2D eigenvalue weighted by Gasteiger charge is -2.21. The van der Waals surface area contributed by atoms with Gasteiger partial charge in [-0.15, -0.1) is 0 Å². The lowest BCUT2D eigenvalue weighted by molar-refractivity contribution is -0.124. The van der Waals surface area contributed by atoms with Crippen molar-refractivity contribution < 1.29 is 19.1 Å². The van der Waals surface area contributed by atoms with Crippen LogP contribution in [0.25, 0.3) is 0 Å². The topological polar surface area (TPSA) is 96.5 Å². The summed E-state index contributed by atoms with van der Waals surface area (Å²) in [6, 6.07) is 13.0. The van der Waals surface area contributed by atoms with Crippen molar-refractivity contribution in [3.05, 3.63) is 65.2 Å². The van der Waals surface area contributed by atoms with Crippen molar-refractivity contribution in [1.29, 1.82) is 0 Å². The Morgan fingerprint density at radius 1 is 0.933 bits per heavy atom. The number of amides is 3. The van der Waals surface area contributed by atoms with Gasteiger partial charge in [0, 0.05) is 11.1 Å². The summed E-state index contributed by atoms with van der Waals surface area (Å²) in [6.07, 6.45) is 0.433. The zero-order chi connectivity index (χ0) is 22.1. The molecule has 0 spiro atoms. The molecule has 0 saturated heterocycles. The van der Waals surface area contributed by atoms with E-state index in [9.17, 15) is 14.4 Å². The molecule has 0 heterocycles. The van der Waals surface area contributed by atoms with Crippen molar-refractivity contribution in [3.63, 3.8) is 0 Å². The smallest absolute Gasteiger partial charge is 0.269 e. The predicted octanol–water partition coefficient (Wildman–Crippen LogP) is 3.00. The second-order valence-electron chi connectivity index (χ2n) is 7.37. The second-order valence-corrected chi connectivity index (χ2v) is 7.37. The Labute approximate surface area is 177 Å². The average Bonchev–Trinajstić information content (AvgIpc) is 2.72. The van der Waals surface area contributed by atoms with Crippen LogP contribution >= 0.6 is 0 Å². The Morgan fingerprint density at radius 2 is 1.60 bits per heavy atom. The molecule has 1 atom stereocenters. The Balaban J connectivity index is 1.99. The molecule has 0 bridgehead atoms. The highest BCUT2D eigenvalue weighted by molar-refractivity contribution is 5.99. The monoisotopic (exact) mass is 411 g/mol. The molecule has 2 rings (SSSR count). The van der Waals surface area contributed by atoms with Crippen LogP contribution in [0, 0.1) is 12.8 Å². The molecule has 0 unspecified atom stereocenters. The summed E-state index contributed by atoms with van der Waals surface area (Å²) in [5.74, 6) is -0.440. The van der Waals surface area contributed by atoms with E-state index in [0.29, 0.717) is 29.9 Å². The number of hydrogen-bond donors (Lipinski definition) is 3. The minimum Gasteiger partial charge on any atom is -0.494 e. The third-order valence-electron chi connectivity index (χ3n) is 4.45. The summed E-state index contributed by atoms with van der Waals surface area (Å²) in [7, 11) is 0. The molecule has 0 saturated carbocycles. The van der Waals surface area contributed by atoms with Crippen molar-refractivity contribution >= 4 is 17.7 Å². The van der Waals surface area contributed by atoms with E-state index in [0.717, 1.165) is 5.56 Å². The normalized spacial score (nSPS) is 11.5. The SMILES string of the molecule is CCOc1ccc(C(=O)NNC(=O)[C@H](CC(C)C)NC(=O)c2ccccc2C)cc1. The van der Waals surface area contributed by atoms with E-state index >= 15 is 0 Å². The highest BCUT2D eigenvalue weighted by atomic mass is 16.5. The number of hydrazine groups is 1. The fourth-order valence-corrected chi connectivity index (χ4v) is 2.91. The fraction of sp³-hybridized carbons (Fsp3) is 0.348. The molecule has 0 aliphatic heterocycles. The van der Waals surface area contributed by atoms with E-state index < -0.39 is 17.9 Å². The summed E-state index contributed by atoms with van der Waals surface area (Å²) in [5, 5.41) is 2.77. The van der Waals surface area contributed by atoms with E-state index in [4.69, 9.17) is 4.74 Å². The van der Waals surface area contributed by atoms with E-state index in [1.165, 1.54) is 0 Å². The highest BCUT2D eigenvalue weighted by Gasteiger charge is 2.23. The molecule has 160 valence electrons. The van der Waals surface area contributed by atoms with Crippen LogP contribution in [0.1, 0.15) is 53.5 Å². The molecule has 2 aromatic rings. The number of aryl methyl sites for hydroxylation is 1. The second kappa shape index (κ2) is 11.0. The Hall–Kier alpha value is -3.35. The maximum absolute atomic E-state index is 12.6. The Morgan fingerprint density at radius 3 is 2.20 bits per heavy atom. The molecule has 7 heteroatoms. The van der Waals surface area contributed by atoms with Gasteiger partial charge in [-0.2, -0.15) is 0 Å². The summed E-state index contributed by atoms with van der Waals surface area (Å²) >= 11 is 0. The number of carbonyl (C=O) groups is 3. The lowest BCUT2D eigenvalue weighted by Crippen LogP contribution is -2.52. The minimum absolute atomic E-state index is 0.166. The van der Waals surface area contributed by atoms with Crippen molar-refractivity contribution in [1.82, 2.24) is 16.2 Å². The molecular formula is C23H29N3O4. The number of nitrogens with one attached hydrogen (secondary N) is 3. The fourth-order valence-electron chi connectivity index (χ4n) is 2.91. The van der Waals surface area contributed by atoms with Crippen LogP contribution < -0.4 is 20.9 Å². The molecule has 0 aliphatic rings. The van der Waals surface area contributed by atoms with Crippen LogP contribution in [-0.4, -0.2) is 30.4 Å². The van der Waals surface area contributed by atoms with E-state index in [-0.39, 0.29) is 11.8 Å². The van der Waals surface area contributed by atoms with Crippen LogP contribution in [-0.2, 0) is 4.79 Å². The van der Waals surface area contributed by atoms with Crippen LogP contribution in [0.3, 0.4) is 0 Å². The van der Waals surface area contributed by atoms with Gasteiger partial charge in [0.2, 0.25) is 0 Å². The summed E-state index contributed by atoms with van der Waals surface area (Å²) in [5.41, 5.74) is 6.52. The first-order chi connectivity index (χ1) is 14.3. The van der Waals surface area contributed by atoms with Crippen molar-refractivity contribution in [3.8, 4) is 5.75 Å². The summed E-state index contributed by atoms with van der Waals surface area (Å²) in [4.78, 5) is 37.6. The zero-order valence-electron chi connectivity index (χ0n) is 17.8. The van der Waals surface area contributed by atoms with Gasteiger partial charge in [-0.1, -0.05) is 32.0 Å². The van der Waals surface area contributed by atoms with Crippen molar-refractivity contribution in [2.24, 2.45) is 5.92 Å². The maximum atomic E-state index is 12.6.